The molecule has 0 amide bonds. The van der Waals surface area contributed by atoms with Crippen LogP contribution in [0.25, 0.3) is 0 Å². The predicted octanol–water partition coefficient (Wildman–Crippen LogP) is -2.25. The van der Waals surface area contributed by atoms with Crippen molar-refractivity contribution < 1.29 is 36.0 Å². The van der Waals surface area contributed by atoms with Gasteiger partial charge in [0.05, 0.1) is 34.2 Å². The van der Waals surface area contributed by atoms with Crippen LogP contribution in [0.4, 0.5) is 0 Å². The number of ether oxygens (including phenoxy) is 2. The summed E-state index contributed by atoms with van der Waals surface area (Å²) in [7, 11) is 5.31. The van der Waals surface area contributed by atoms with Crippen molar-refractivity contribution in [3.8, 4) is 0 Å². The summed E-state index contributed by atoms with van der Waals surface area (Å²) < 4.78 is 10.2. The highest BCUT2D eigenvalue weighted by Gasteiger charge is 2.18. The van der Waals surface area contributed by atoms with Gasteiger partial charge in [-0.2, -0.15) is 0 Å². The largest absolute Gasteiger partial charge is 1.00 e. The lowest BCUT2D eigenvalue weighted by atomic mass is 10.3. The van der Waals surface area contributed by atoms with E-state index in [9.17, 15) is 9.59 Å². The Labute approximate surface area is 115 Å². The standard InChI is InChI=1S/C12H22NO4.ClH/c1-10(2)12(15)17-9-8-13(3,4)7-6-11(14)16-5;/h1,6-9H2,2-5H3;1H/q+1;/p-1. The minimum atomic E-state index is -0.377. The lowest BCUT2D eigenvalue weighted by Gasteiger charge is -2.29. The van der Waals surface area contributed by atoms with Gasteiger partial charge in [0.15, 0.2) is 0 Å². The molecule has 0 N–H and O–H groups in total. The molecule has 0 spiro atoms. The number of likely N-dealkylation sites (N-methyl/N-ethyl adjacent to an activating group) is 1. The number of rotatable bonds is 7. The highest BCUT2D eigenvalue weighted by molar-refractivity contribution is 5.86. The van der Waals surface area contributed by atoms with E-state index in [1.807, 2.05) is 14.1 Å². The van der Waals surface area contributed by atoms with Crippen LogP contribution in [-0.2, 0) is 19.1 Å². The molecular formula is C12H22ClNO4. The van der Waals surface area contributed by atoms with E-state index in [4.69, 9.17) is 4.74 Å². The van der Waals surface area contributed by atoms with Crippen molar-refractivity contribution in [3.63, 3.8) is 0 Å². The summed E-state index contributed by atoms with van der Waals surface area (Å²) in [6.45, 7) is 6.73. The SMILES string of the molecule is C=C(C)C(=O)OCC[N+](C)(C)CCC(=O)OC.[Cl-]. The fourth-order valence-electron chi connectivity index (χ4n) is 1.12. The molecule has 0 aromatic heterocycles. The van der Waals surface area contributed by atoms with Gasteiger partial charge in [-0.3, -0.25) is 4.79 Å². The van der Waals surface area contributed by atoms with Gasteiger partial charge in [0.1, 0.15) is 13.2 Å². The zero-order chi connectivity index (χ0) is 13.5. The van der Waals surface area contributed by atoms with Crippen LogP contribution in [-0.4, -0.2) is 57.3 Å². The molecule has 0 fully saturated rings. The molecule has 5 nitrogen and oxygen atoms in total. The highest BCUT2D eigenvalue weighted by Crippen LogP contribution is 2.01. The van der Waals surface area contributed by atoms with Crippen LogP contribution in [0.5, 0.6) is 0 Å². The lowest BCUT2D eigenvalue weighted by Crippen LogP contribution is -3.00. The Morgan fingerprint density at radius 1 is 1.22 bits per heavy atom. The third-order valence-electron chi connectivity index (χ3n) is 2.43. The average Bonchev–Trinajstić information content (AvgIpc) is 2.25. The van der Waals surface area contributed by atoms with Crippen molar-refractivity contribution in [1.82, 2.24) is 0 Å². The van der Waals surface area contributed by atoms with Crippen LogP contribution < -0.4 is 12.4 Å². The molecular weight excluding hydrogens is 258 g/mol. The third kappa shape index (κ3) is 9.01. The van der Waals surface area contributed by atoms with Gasteiger partial charge < -0.3 is 26.4 Å². The van der Waals surface area contributed by atoms with Gasteiger partial charge in [0, 0.05) is 5.57 Å². The van der Waals surface area contributed by atoms with E-state index < -0.39 is 0 Å². The van der Waals surface area contributed by atoms with E-state index in [2.05, 4.69) is 11.3 Å². The Bertz CT molecular complexity index is 302. The normalized spacial score (nSPS) is 10.2. The minimum Gasteiger partial charge on any atom is -1.00 e. The van der Waals surface area contributed by atoms with Crippen molar-refractivity contribution >= 4 is 11.9 Å². The van der Waals surface area contributed by atoms with Gasteiger partial charge in [-0.1, -0.05) is 6.58 Å². The maximum absolute atomic E-state index is 11.1. The van der Waals surface area contributed by atoms with E-state index in [0.29, 0.717) is 36.2 Å². The lowest BCUT2D eigenvalue weighted by molar-refractivity contribution is -0.889. The molecule has 0 saturated heterocycles. The van der Waals surface area contributed by atoms with Gasteiger partial charge in [-0.15, -0.1) is 0 Å². The molecule has 0 aliphatic heterocycles. The molecule has 18 heavy (non-hydrogen) atoms. The Kier molecular flexibility index (Phi) is 9.57. The topological polar surface area (TPSA) is 52.6 Å². The summed E-state index contributed by atoms with van der Waals surface area (Å²) in [5, 5.41) is 0. The van der Waals surface area contributed by atoms with Crippen LogP contribution in [0.1, 0.15) is 13.3 Å². The molecule has 106 valence electrons. The Hall–Kier alpha value is -1.07. The number of carbonyl (C=O) groups excluding carboxylic acids is 2. The van der Waals surface area contributed by atoms with Gasteiger partial charge in [0.2, 0.25) is 0 Å². The Balaban J connectivity index is 0. The van der Waals surface area contributed by atoms with Crippen LogP contribution in [0.15, 0.2) is 12.2 Å². The fourth-order valence-corrected chi connectivity index (χ4v) is 1.12. The van der Waals surface area contributed by atoms with Crippen LogP contribution in [0, 0.1) is 0 Å². The van der Waals surface area contributed by atoms with Gasteiger partial charge in [-0.05, 0) is 6.92 Å². The maximum atomic E-state index is 11.1. The zero-order valence-electron chi connectivity index (χ0n) is 11.5. The summed E-state index contributed by atoms with van der Waals surface area (Å²) in [5.41, 5.74) is 0.393. The summed E-state index contributed by atoms with van der Waals surface area (Å²) in [6, 6.07) is 0. The van der Waals surface area contributed by atoms with Crippen LogP contribution in [0.3, 0.4) is 0 Å². The first-order valence-electron chi connectivity index (χ1n) is 5.50. The second-order valence-electron chi connectivity index (χ2n) is 4.63. The first-order valence-corrected chi connectivity index (χ1v) is 5.50. The molecule has 0 aromatic carbocycles. The monoisotopic (exact) mass is 279 g/mol. The molecule has 0 saturated carbocycles. The third-order valence-corrected chi connectivity index (χ3v) is 2.43. The summed E-state index contributed by atoms with van der Waals surface area (Å²) in [4.78, 5) is 22.1. The molecule has 6 heteroatoms. The first kappa shape index (κ1) is 19.3. The minimum absolute atomic E-state index is 0. The maximum Gasteiger partial charge on any atom is 0.333 e. The molecule has 0 rings (SSSR count). The number of esters is 2. The van der Waals surface area contributed by atoms with Crippen molar-refractivity contribution in [2.75, 3.05) is 40.9 Å². The predicted molar refractivity (Wildman–Crippen MR) is 64.2 cm³/mol. The van der Waals surface area contributed by atoms with Gasteiger partial charge in [-0.25, -0.2) is 4.79 Å². The first-order chi connectivity index (χ1) is 7.78. The number of halogens is 1. The van der Waals surface area contributed by atoms with Crippen molar-refractivity contribution in [2.45, 2.75) is 13.3 Å². The summed E-state index contributed by atoms with van der Waals surface area (Å²) in [5.74, 6) is -0.604. The van der Waals surface area contributed by atoms with E-state index in [1.54, 1.807) is 6.92 Å². The molecule has 0 unspecified atom stereocenters. The number of methoxy groups -OCH3 is 1. The highest BCUT2D eigenvalue weighted by atomic mass is 35.5. The van der Waals surface area contributed by atoms with E-state index in [-0.39, 0.29) is 24.3 Å². The van der Waals surface area contributed by atoms with Crippen molar-refractivity contribution in [1.29, 1.82) is 0 Å². The Morgan fingerprint density at radius 3 is 2.22 bits per heavy atom. The molecule has 0 heterocycles. The van der Waals surface area contributed by atoms with Crippen molar-refractivity contribution in [2.24, 2.45) is 0 Å². The van der Waals surface area contributed by atoms with E-state index in [0.717, 1.165) is 0 Å². The molecule has 0 aliphatic rings. The molecule has 0 bridgehead atoms. The van der Waals surface area contributed by atoms with Crippen LogP contribution in [0.2, 0.25) is 0 Å². The van der Waals surface area contributed by atoms with Gasteiger partial charge in [0.25, 0.3) is 0 Å². The molecule has 0 aromatic rings. The zero-order valence-corrected chi connectivity index (χ0v) is 12.2. The van der Waals surface area contributed by atoms with Crippen molar-refractivity contribution in [3.05, 3.63) is 12.2 Å². The summed E-state index contributed by atoms with van der Waals surface area (Å²) in [6.07, 6.45) is 0.359. The average molecular weight is 280 g/mol. The Morgan fingerprint density at radius 2 is 1.78 bits per heavy atom. The fraction of sp³-hybridized carbons (Fsp3) is 0.667. The van der Waals surface area contributed by atoms with Crippen LogP contribution >= 0.6 is 0 Å². The second-order valence-corrected chi connectivity index (χ2v) is 4.63. The number of hydrogen-bond acceptors (Lipinski definition) is 4. The second kappa shape index (κ2) is 8.94. The molecule has 0 radical (unpaired) electrons. The van der Waals surface area contributed by atoms with E-state index >= 15 is 0 Å². The molecule has 0 aliphatic carbocycles. The quantitative estimate of drug-likeness (QED) is 0.300. The number of nitrogens with zero attached hydrogens (tertiary/aromatic N) is 1. The summed E-state index contributed by atoms with van der Waals surface area (Å²) >= 11 is 0. The number of hydrogen-bond donors (Lipinski definition) is 0. The van der Waals surface area contributed by atoms with E-state index in [1.165, 1.54) is 7.11 Å². The van der Waals surface area contributed by atoms with Gasteiger partial charge >= 0.3 is 11.9 Å². The number of quaternary nitrogens is 1. The smallest absolute Gasteiger partial charge is 0.333 e. The number of carbonyl (C=O) groups is 2. The molecule has 0 atom stereocenters.